The van der Waals surface area contributed by atoms with Crippen molar-refractivity contribution in [2.24, 2.45) is 0 Å². The van der Waals surface area contributed by atoms with Crippen LogP contribution in [0, 0.1) is 0 Å². The van der Waals surface area contributed by atoms with Crippen molar-refractivity contribution < 1.29 is 28.9 Å². The fraction of sp³-hybridized carbons (Fsp3) is 0.385. The molecule has 0 saturated carbocycles. The number of likely N-dealkylation sites (N-methyl/N-ethyl adjacent to an activating group) is 1. The highest BCUT2D eigenvalue weighted by Gasteiger charge is 2.46. The molecule has 1 fully saturated rings. The SMILES string of the molecule is CCCOc1cc(C2/C(=C(/O)c3ccc(Cl)c(OC)c3)C(=O)C(=O)N2CCN(C)C)ccc1OC. The van der Waals surface area contributed by atoms with Gasteiger partial charge in [0, 0.05) is 18.7 Å². The zero-order valence-electron chi connectivity index (χ0n) is 20.6. The lowest BCUT2D eigenvalue weighted by Gasteiger charge is -2.27. The average Bonchev–Trinajstić information content (AvgIpc) is 3.10. The van der Waals surface area contributed by atoms with Crippen LogP contribution in [0.5, 0.6) is 17.2 Å². The van der Waals surface area contributed by atoms with E-state index >= 15 is 0 Å². The van der Waals surface area contributed by atoms with Crippen LogP contribution in [-0.2, 0) is 9.59 Å². The van der Waals surface area contributed by atoms with E-state index in [1.165, 1.54) is 18.1 Å². The first-order valence-electron chi connectivity index (χ1n) is 11.3. The van der Waals surface area contributed by atoms with Gasteiger partial charge < -0.3 is 29.1 Å². The van der Waals surface area contributed by atoms with Gasteiger partial charge in [0.25, 0.3) is 11.7 Å². The standard InChI is InChI=1S/C26H31ClN2O6/c1-6-13-35-21-14-16(8-10-19(21)33-4)23-22(25(31)26(32)29(23)12-11-28(2)3)24(30)17-7-9-18(27)20(15-17)34-5/h7-10,14-15,23,30H,6,11-13H2,1-5H3/b24-22-. The Labute approximate surface area is 210 Å². The second kappa shape index (κ2) is 11.5. The van der Waals surface area contributed by atoms with Crippen LogP contribution in [0.1, 0.15) is 30.5 Å². The molecular weight excluding hydrogens is 472 g/mol. The monoisotopic (exact) mass is 502 g/mol. The van der Waals surface area contributed by atoms with E-state index in [0.717, 1.165) is 6.42 Å². The molecule has 2 aromatic rings. The smallest absolute Gasteiger partial charge is 0.295 e. The van der Waals surface area contributed by atoms with Crippen LogP contribution in [0.2, 0.25) is 5.02 Å². The predicted octanol–water partition coefficient (Wildman–Crippen LogP) is 4.13. The summed E-state index contributed by atoms with van der Waals surface area (Å²) < 4.78 is 16.5. The summed E-state index contributed by atoms with van der Waals surface area (Å²) in [6.45, 7) is 3.30. The Morgan fingerprint density at radius 3 is 2.40 bits per heavy atom. The van der Waals surface area contributed by atoms with E-state index in [1.807, 2.05) is 25.9 Å². The summed E-state index contributed by atoms with van der Waals surface area (Å²) in [6, 6.07) is 9.12. The molecule has 9 heteroatoms. The van der Waals surface area contributed by atoms with Gasteiger partial charge in [-0.05, 0) is 56.4 Å². The number of hydrogen-bond acceptors (Lipinski definition) is 7. The van der Waals surface area contributed by atoms with Crippen LogP contribution in [0.3, 0.4) is 0 Å². The second-order valence-corrected chi connectivity index (χ2v) is 8.81. The Balaban J connectivity index is 2.19. The zero-order chi connectivity index (χ0) is 25.7. The van der Waals surface area contributed by atoms with Crippen molar-refractivity contribution in [2.75, 3.05) is 48.0 Å². The van der Waals surface area contributed by atoms with Crippen LogP contribution in [-0.4, -0.2) is 74.6 Å². The minimum atomic E-state index is -0.813. The van der Waals surface area contributed by atoms with Crippen molar-refractivity contribution in [3.8, 4) is 17.2 Å². The Morgan fingerprint density at radius 1 is 1.06 bits per heavy atom. The molecule has 3 rings (SSSR count). The molecule has 0 aromatic heterocycles. The van der Waals surface area contributed by atoms with Crippen molar-refractivity contribution >= 4 is 29.1 Å². The zero-order valence-corrected chi connectivity index (χ0v) is 21.4. The van der Waals surface area contributed by atoms with E-state index in [-0.39, 0.29) is 11.3 Å². The van der Waals surface area contributed by atoms with Crippen molar-refractivity contribution in [2.45, 2.75) is 19.4 Å². The number of ether oxygens (including phenoxy) is 3. The first-order chi connectivity index (χ1) is 16.7. The van der Waals surface area contributed by atoms with E-state index < -0.39 is 17.7 Å². The maximum Gasteiger partial charge on any atom is 0.295 e. The lowest BCUT2D eigenvalue weighted by atomic mass is 9.95. The molecule has 8 nitrogen and oxygen atoms in total. The fourth-order valence-electron chi connectivity index (χ4n) is 3.92. The summed E-state index contributed by atoms with van der Waals surface area (Å²) in [6.07, 6.45) is 0.799. The number of aliphatic hydroxyl groups is 1. The second-order valence-electron chi connectivity index (χ2n) is 8.40. The highest BCUT2D eigenvalue weighted by Crippen LogP contribution is 2.42. The van der Waals surface area contributed by atoms with Gasteiger partial charge in [0.05, 0.1) is 37.5 Å². The number of nitrogens with zero attached hydrogens (tertiary/aromatic N) is 2. The Hall–Kier alpha value is -3.23. The number of methoxy groups -OCH3 is 2. The molecule has 1 amide bonds. The average molecular weight is 503 g/mol. The van der Waals surface area contributed by atoms with Gasteiger partial charge in [-0.3, -0.25) is 9.59 Å². The van der Waals surface area contributed by atoms with Crippen LogP contribution in [0.25, 0.3) is 5.76 Å². The van der Waals surface area contributed by atoms with Gasteiger partial charge in [-0.25, -0.2) is 0 Å². The summed E-state index contributed by atoms with van der Waals surface area (Å²) in [5.74, 6) is -0.359. The molecule has 1 N–H and O–H groups in total. The van der Waals surface area contributed by atoms with Crippen LogP contribution in [0.4, 0.5) is 0 Å². The first-order valence-corrected chi connectivity index (χ1v) is 11.7. The number of ketones is 1. The summed E-state index contributed by atoms with van der Waals surface area (Å²) >= 11 is 6.14. The summed E-state index contributed by atoms with van der Waals surface area (Å²) in [7, 11) is 6.77. The summed E-state index contributed by atoms with van der Waals surface area (Å²) in [5, 5.41) is 11.6. The highest BCUT2D eigenvalue weighted by molar-refractivity contribution is 6.46. The van der Waals surface area contributed by atoms with Crippen molar-refractivity contribution in [3.63, 3.8) is 0 Å². The van der Waals surface area contributed by atoms with Crippen molar-refractivity contribution in [1.82, 2.24) is 9.80 Å². The van der Waals surface area contributed by atoms with E-state index in [4.69, 9.17) is 25.8 Å². The van der Waals surface area contributed by atoms with Crippen LogP contribution < -0.4 is 14.2 Å². The summed E-state index contributed by atoms with van der Waals surface area (Å²) in [5.41, 5.74) is 0.930. The number of aliphatic hydroxyl groups excluding tert-OH is 1. The lowest BCUT2D eigenvalue weighted by molar-refractivity contribution is -0.140. The van der Waals surface area contributed by atoms with Gasteiger partial charge in [-0.2, -0.15) is 0 Å². The van der Waals surface area contributed by atoms with E-state index in [0.29, 0.717) is 53.1 Å². The predicted molar refractivity (Wildman–Crippen MR) is 134 cm³/mol. The Morgan fingerprint density at radius 2 is 1.77 bits per heavy atom. The molecule has 1 aliphatic heterocycles. The number of hydrogen-bond donors (Lipinski definition) is 1. The topological polar surface area (TPSA) is 88.5 Å². The highest BCUT2D eigenvalue weighted by atomic mass is 35.5. The number of carbonyl (C=O) groups is 2. The molecule has 0 radical (unpaired) electrons. The van der Waals surface area contributed by atoms with Crippen LogP contribution in [0.15, 0.2) is 42.0 Å². The van der Waals surface area contributed by atoms with Gasteiger partial charge in [0.15, 0.2) is 11.5 Å². The number of likely N-dealkylation sites (tertiary alicyclic amines) is 1. The van der Waals surface area contributed by atoms with Gasteiger partial charge in [-0.15, -0.1) is 0 Å². The molecule has 1 aliphatic rings. The third-order valence-electron chi connectivity index (χ3n) is 5.72. The molecular formula is C26H31ClN2O6. The molecule has 1 atom stereocenters. The van der Waals surface area contributed by atoms with Gasteiger partial charge >= 0.3 is 0 Å². The maximum absolute atomic E-state index is 13.2. The molecule has 0 spiro atoms. The summed E-state index contributed by atoms with van der Waals surface area (Å²) in [4.78, 5) is 29.7. The number of Topliss-reactive ketones (excluding diaryl/α,β-unsaturated/α-hetero) is 1. The van der Waals surface area contributed by atoms with E-state index in [2.05, 4.69) is 0 Å². The minimum absolute atomic E-state index is 0.00950. The number of rotatable bonds is 10. The van der Waals surface area contributed by atoms with Gasteiger partial charge in [0.2, 0.25) is 0 Å². The lowest BCUT2D eigenvalue weighted by Crippen LogP contribution is -2.35. The third-order valence-corrected chi connectivity index (χ3v) is 6.03. The number of benzene rings is 2. The molecule has 1 heterocycles. The third kappa shape index (κ3) is 5.55. The maximum atomic E-state index is 13.2. The fourth-order valence-corrected chi connectivity index (χ4v) is 4.11. The molecule has 35 heavy (non-hydrogen) atoms. The minimum Gasteiger partial charge on any atom is -0.507 e. The molecule has 0 aliphatic carbocycles. The largest absolute Gasteiger partial charge is 0.507 e. The Kier molecular flexibility index (Phi) is 8.64. The molecule has 1 unspecified atom stereocenters. The van der Waals surface area contributed by atoms with E-state index in [1.54, 1.807) is 37.4 Å². The van der Waals surface area contributed by atoms with Crippen molar-refractivity contribution in [3.05, 3.63) is 58.1 Å². The van der Waals surface area contributed by atoms with Crippen molar-refractivity contribution in [1.29, 1.82) is 0 Å². The Bertz CT molecular complexity index is 1130. The van der Waals surface area contributed by atoms with Gasteiger partial charge in [0.1, 0.15) is 11.5 Å². The molecule has 2 aromatic carbocycles. The van der Waals surface area contributed by atoms with E-state index in [9.17, 15) is 14.7 Å². The quantitative estimate of drug-likeness (QED) is 0.297. The first kappa shape index (κ1) is 26.4. The molecule has 1 saturated heterocycles. The van der Waals surface area contributed by atoms with Gasteiger partial charge in [-0.1, -0.05) is 24.6 Å². The van der Waals surface area contributed by atoms with Crippen LogP contribution >= 0.6 is 11.6 Å². The number of halogens is 1. The molecule has 188 valence electrons. The molecule has 0 bridgehead atoms. The normalized spacial score (nSPS) is 17.2. The number of amides is 1. The number of carbonyl (C=O) groups excluding carboxylic acids is 2.